The zero-order chi connectivity index (χ0) is 25.7. The molecule has 0 aromatic carbocycles. The monoisotopic (exact) mass is 486 g/mol. The summed E-state index contributed by atoms with van der Waals surface area (Å²) in [6, 6.07) is 0. The van der Waals surface area contributed by atoms with Gasteiger partial charge in [-0.3, -0.25) is 4.79 Å². The van der Waals surface area contributed by atoms with E-state index in [0.717, 1.165) is 64.2 Å². The van der Waals surface area contributed by atoms with Crippen LogP contribution in [0.4, 0.5) is 0 Å². The van der Waals surface area contributed by atoms with Crippen molar-refractivity contribution in [3.8, 4) is 0 Å². The lowest BCUT2D eigenvalue weighted by Gasteiger charge is -2.71. The average Bonchev–Trinajstić information content (AvgIpc) is 2.81. The Labute approximate surface area is 213 Å². The molecule has 5 aliphatic rings. The lowest BCUT2D eigenvalue weighted by atomic mass is 9.33. The van der Waals surface area contributed by atoms with Crippen LogP contribution in [0.5, 0.6) is 0 Å². The standard InChI is InChI=1S/C31H50O4/c1-26(2)14-16-31(25(34)35-7)17-15-29(5)20(21(31)18-26)8-9-23-27(3)12-11-24(33)28(4,19-32)22(27)10-13-30(23,29)6/h8,21-24,32-33H,9-19H2,1-7H3/t21?,22?,23?,24-,27-,28-,29+,30+,31-/m0/s1. The topological polar surface area (TPSA) is 66.8 Å². The maximum absolute atomic E-state index is 13.4. The molecule has 2 N–H and O–H groups in total. The van der Waals surface area contributed by atoms with Gasteiger partial charge in [0.15, 0.2) is 0 Å². The van der Waals surface area contributed by atoms with Crippen LogP contribution in [-0.2, 0) is 9.53 Å². The van der Waals surface area contributed by atoms with Crippen LogP contribution in [0.1, 0.15) is 106 Å². The first kappa shape index (κ1) is 25.8. The van der Waals surface area contributed by atoms with Gasteiger partial charge in [-0.25, -0.2) is 0 Å². The summed E-state index contributed by atoms with van der Waals surface area (Å²) in [6.45, 7) is 14.5. The van der Waals surface area contributed by atoms with Crippen LogP contribution in [0.3, 0.4) is 0 Å². The predicted molar refractivity (Wildman–Crippen MR) is 138 cm³/mol. The minimum Gasteiger partial charge on any atom is -0.469 e. The fourth-order valence-electron chi connectivity index (χ4n) is 10.8. The Balaban J connectivity index is 1.59. The first-order valence-corrected chi connectivity index (χ1v) is 14.3. The van der Waals surface area contributed by atoms with Crippen molar-refractivity contribution in [3.63, 3.8) is 0 Å². The van der Waals surface area contributed by atoms with Crippen molar-refractivity contribution in [3.05, 3.63) is 11.6 Å². The van der Waals surface area contributed by atoms with Crippen LogP contribution in [0.25, 0.3) is 0 Å². The molecule has 5 rings (SSSR count). The van der Waals surface area contributed by atoms with Gasteiger partial charge in [0, 0.05) is 5.41 Å². The van der Waals surface area contributed by atoms with E-state index >= 15 is 0 Å². The maximum atomic E-state index is 13.4. The van der Waals surface area contributed by atoms with Crippen molar-refractivity contribution in [2.24, 2.45) is 50.2 Å². The minimum atomic E-state index is -0.417. The lowest BCUT2D eigenvalue weighted by molar-refractivity contribution is -0.216. The molecule has 0 aromatic rings. The number of rotatable bonds is 2. The average molecular weight is 487 g/mol. The minimum absolute atomic E-state index is 0.0175. The molecule has 0 amide bonds. The van der Waals surface area contributed by atoms with Gasteiger partial charge in [0.25, 0.3) is 0 Å². The largest absolute Gasteiger partial charge is 0.469 e. The van der Waals surface area contributed by atoms with E-state index in [4.69, 9.17) is 4.74 Å². The van der Waals surface area contributed by atoms with Gasteiger partial charge in [0.1, 0.15) is 0 Å². The Kier molecular flexibility index (Phi) is 5.76. The summed E-state index contributed by atoms with van der Waals surface area (Å²) in [6.07, 6.45) is 12.3. The van der Waals surface area contributed by atoms with Crippen molar-refractivity contribution in [2.75, 3.05) is 13.7 Å². The zero-order valence-electron chi connectivity index (χ0n) is 23.4. The number of ether oxygens (including phenoxy) is 1. The second-order valence-electron chi connectivity index (χ2n) is 15.1. The van der Waals surface area contributed by atoms with Gasteiger partial charge in [0.05, 0.1) is 25.2 Å². The maximum Gasteiger partial charge on any atom is 0.312 e. The number of hydrogen-bond donors (Lipinski definition) is 2. The van der Waals surface area contributed by atoms with Crippen molar-refractivity contribution < 1.29 is 19.7 Å². The highest BCUT2D eigenvalue weighted by Gasteiger charge is 2.69. The molecule has 0 bridgehead atoms. The molecule has 3 unspecified atom stereocenters. The number of methoxy groups -OCH3 is 1. The fraction of sp³-hybridized carbons (Fsp3) is 0.903. The molecule has 4 nitrogen and oxygen atoms in total. The van der Waals surface area contributed by atoms with Gasteiger partial charge in [-0.2, -0.15) is 0 Å². The van der Waals surface area contributed by atoms with Crippen LogP contribution in [-0.4, -0.2) is 36.0 Å². The third-order valence-electron chi connectivity index (χ3n) is 13.3. The van der Waals surface area contributed by atoms with E-state index < -0.39 is 11.5 Å². The molecular weight excluding hydrogens is 436 g/mol. The normalized spacial score (nSPS) is 52.8. The van der Waals surface area contributed by atoms with Crippen LogP contribution < -0.4 is 0 Å². The first-order valence-electron chi connectivity index (χ1n) is 14.3. The number of esters is 1. The Morgan fingerprint density at radius 3 is 2.31 bits per heavy atom. The highest BCUT2D eigenvalue weighted by Crippen LogP contribution is 2.75. The number of hydrogen-bond acceptors (Lipinski definition) is 4. The summed E-state index contributed by atoms with van der Waals surface area (Å²) >= 11 is 0. The molecule has 0 aromatic heterocycles. The van der Waals surface area contributed by atoms with Gasteiger partial charge < -0.3 is 14.9 Å². The molecule has 9 atom stereocenters. The summed E-state index contributed by atoms with van der Waals surface area (Å²) < 4.78 is 5.48. The summed E-state index contributed by atoms with van der Waals surface area (Å²) in [7, 11) is 1.58. The lowest BCUT2D eigenvalue weighted by Crippen LogP contribution is -2.66. The van der Waals surface area contributed by atoms with Gasteiger partial charge in [0.2, 0.25) is 0 Å². The van der Waals surface area contributed by atoms with E-state index in [2.05, 4.69) is 47.6 Å². The summed E-state index contributed by atoms with van der Waals surface area (Å²) in [5, 5.41) is 21.4. The number of aliphatic hydroxyl groups is 2. The van der Waals surface area contributed by atoms with E-state index in [1.165, 1.54) is 0 Å². The van der Waals surface area contributed by atoms with E-state index in [0.29, 0.717) is 11.8 Å². The van der Waals surface area contributed by atoms with Gasteiger partial charge >= 0.3 is 5.97 Å². The second kappa shape index (κ2) is 7.82. The molecule has 198 valence electrons. The predicted octanol–water partition coefficient (Wildman–Crippen LogP) is 6.29. The van der Waals surface area contributed by atoms with Crippen LogP contribution in [0, 0.1) is 50.2 Å². The number of aliphatic hydroxyl groups excluding tert-OH is 2. The Morgan fingerprint density at radius 1 is 0.971 bits per heavy atom. The molecule has 4 saturated carbocycles. The quantitative estimate of drug-likeness (QED) is 0.355. The molecule has 4 heteroatoms. The SMILES string of the molecule is COC(=O)[C@]12CCC(C)(C)CC1C1=CCC3[C@@]4(C)CC[C@H](O)[C@@](C)(CO)C4CC[C@@]3(C)[C@]1(C)CC2. The van der Waals surface area contributed by atoms with Crippen molar-refractivity contribution in [1.82, 2.24) is 0 Å². The number of fused-ring (bicyclic) bond motifs is 7. The van der Waals surface area contributed by atoms with Gasteiger partial charge in [-0.15, -0.1) is 0 Å². The molecule has 35 heavy (non-hydrogen) atoms. The Morgan fingerprint density at radius 2 is 1.66 bits per heavy atom. The van der Waals surface area contributed by atoms with E-state index in [9.17, 15) is 15.0 Å². The smallest absolute Gasteiger partial charge is 0.312 e. The van der Waals surface area contributed by atoms with Gasteiger partial charge in [-0.1, -0.05) is 53.2 Å². The van der Waals surface area contributed by atoms with Crippen LogP contribution in [0.15, 0.2) is 11.6 Å². The third kappa shape index (κ3) is 3.14. The van der Waals surface area contributed by atoms with Crippen molar-refractivity contribution in [1.29, 1.82) is 0 Å². The van der Waals surface area contributed by atoms with Gasteiger partial charge in [-0.05, 0) is 104 Å². The Hall–Kier alpha value is -0.870. The molecule has 0 saturated heterocycles. The highest BCUT2D eigenvalue weighted by molar-refractivity contribution is 5.78. The zero-order valence-corrected chi connectivity index (χ0v) is 23.4. The first-order chi connectivity index (χ1) is 16.2. The highest BCUT2D eigenvalue weighted by atomic mass is 16.5. The summed E-state index contributed by atoms with van der Waals surface area (Å²) in [5.41, 5.74) is 1.37. The fourth-order valence-corrected chi connectivity index (χ4v) is 10.8. The summed E-state index contributed by atoms with van der Waals surface area (Å²) in [5.74, 6) is 1.16. The molecule has 4 fully saturated rings. The molecule has 5 aliphatic carbocycles. The second-order valence-corrected chi connectivity index (χ2v) is 15.1. The van der Waals surface area contributed by atoms with E-state index in [1.54, 1.807) is 12.7 Å². The molecule has 0 aliphatic heterocycles. The number of allylic oxidation sites excluding steroid dienone is 2. The van der Waals surface area contributed by atoms with E-state index in [-0.39, 0.29) is 45.6 Å². The Bertz CT molecular complexity index is 923. The third-order valence-corrected chi connectivity index (χ3v) is 13.3. The molecule has 0 spiro atoms. The van der Waals surface area contributed by atoms with Crippen molar-refractivity contribution >= 4 is 5.97 Å². The van der Waals surface area contributed by atoms with Crippen LogP contribution in [0.2, 0.25) is 0 Å². The number of carbonyl (C=O) groups is 1. The molecular formula is C31H50O4. The van der Waals surface area contributed by atoms with Crippen molar-refractivity contribution in [2.45, 2.75) is 112 Å². The molecule has 0 radical (unpaired) electrons. The number of carbonyl (C=O) groups excluding carboxylic acids is 1. The van der Waals surface area contributed by atoms with E-state index in [1.807, 2.05) is 0 Å². The molecule has 0 heterocycles. The summed E-state index contributed by atoms with van der Waals surface area (Å²) in [4.78, 5) is 13.4. The van der Waals surface area contributed by atoms with Crippen LogP contribution >= 0.6 is 0 Å².